The number of urea groups is 1. The Morgan fingerprint density at radius 3 is 2.44 bits per heavy atom. The van der Waals surface area contributed by atoms with Crippen LogP contribution in [0, 0.1) is 0 Å². The molecular formula is C23H29N3O7S. The number of sulfonamides is 1. The van der Waals surface area contributed by atoms with Crippen LogP contribution in [0.1, 0.15) is 35.7 Å². The normalized spacial score (nSPS) is 10.9. The lowest BCUT2D eigenvalue weighted by molar-refractivity contribution is -0.123. The maximum absolute atomic E-state index is 12.7. The summed E-state index contributed by atoms with van der Waals surface area (Å²) in [6.45, 7) is 1.87. The number of ether oxygens (including phenoxy) is 2. The fourth-order valence-electron chi connectivity index (χ4n) is 2.81. The summed E-state index contributed by atoms with van der Waals surface area (Å²) in [5, 5.41) is 4.38. The molecule has 0 saturated heterocycles. The van der Waals surface area contributed by atoms with Crippen molar-refractivity contribution in [1.29, 1.82) is 0 Å². The van der Waals surface area contributed by atoms with Gasteiger partial charge in [-0.3, -0.25) is 14.8 Å². The fraction of sp³-hybridized carbons (Fsp3) is 0.348. The first-order valence-corrected chi connectivity index (χ1v) is 12.2. The van der Waals surface area contributed by atoms with E-state index in [1.54, 1.807) is 12.1 Å². The molecule has 3 N–H and O–H groups in total. The summed E-state index contributed by atoms with van der Waals surface area (Å²) in [4.78, 5) is 35.4. The molecule has 0 radical (unpaired) electrons. The van der Waals surface area contributed by atoms with Crippen LogP contribution in [-0.2, 0) is 30.7 Å². The van der Waals surface area contributed by atoms with E-state index in [9.17, 15) is 22.8 Å². The molecule has 184 valence electrons. The first kappa shape index (κ1) is 26.8. The van der Waals surface area contributed by atoms with Crippen molar-refractivity contribution in [3.63, 3.8) is 0 Å². The van der Waals surface area contributed by atoms with Crippen molar-refractivity contribution in [1.82, 2.24) is 10.6 Å². The van der Waals surface area contributed by atoms with E-state index in [-0.39, 0.29) is 23.6 Å². The summed E-state index contributed by atoms with van der Waals surface area (Å²) < 4.78 is 37.6. The molecule has 11 heteroatoms. The minimum atomic E-state index is -3.96. The second kappa shape index (κ2) is 13.3. The molecule has 0 aliphatic heterocycles. The number of hydrogen-bond donors (Lipinski definition) is 3. The molecule has 0 unspecified atom stereocenters. The third kappa shape index (κ3) is 8.83. The molecule has 0 aromatic heterocycles. The smallest absolute Gasteiger partial charge is 0.338 e. The Morgan fingerprint density at radius 1 is 1.03 bits per heavy atom. The average Bonchev–Trinajstić information content (AvgIpc) is 2.82. The quantitative estimate of drug-likeness (QED) is 0.306. The van der Waals surface area contributed by atoms with Gasteiger partial charge in [0.05, 0.1) is 17.1 Å². The van der Waals surface area contributed by atoms with Crippen LogP contribution in [0.15, 0.2) is 53.4 Å². The molecule has 2 aromatic rings. The fourth-order valence-corrected chi connectivity index (χ4v) is 3.92. The van der Waals surface area contributed by atoms with Crippen molar-refractivity contribution < 1.29 is 32.3 Å². The lowest BCUT2D eigenvalue weighted by Crippen LogP contribution is -2.42. The molecule has 0 aliphatic carbocycles. The van der Waals surface area contributed by atoms with Crippen LogP contribution in [0.2, 0.25) is 0 Å². The molecule has 0 saturated carbocycles. The molecular weight excluding hydrogens is 462 g/mol. The third-order valence-electron chi connectivity index (χ3n) is 4.58. The number of aryl methyl sites for hydroxylation is 1. The number of unbranched alkanes of at least 4 members (excludes halogenated alkanes) is 1. The van der Waals surface area contributed by atoms with E-state index in [4.69, 9.17) is 9.47 Å². The number of methoxy groups -OCH3 is 1. The predicted molar refractivity (Wildman–Crippen MR) is 126 cm³/mol. The van der Waals surface area contributed by atoms with Crippen LogP contribution in [0.4, 0.5) is 10.5 Å². The summed E-state index contributed by atoms with van der Waals surface area (Å²) in [7, 11) is -2.49. The topological polar surface area (TPSA) is 140 Å². The molecule has 0 aliphatic rings. The third-order valence-corrected chi connectivity index (χ3v) is 5.96. The second-order valence-corrected chi connectivity index (χ2v) is 8.99. The Labute approximate surface area is 199 Å². The van der Waals surface area contributed by atoms with Crippen molar-refractivity contribution >= 4 is 33.6 Å². The van der Waals surface area contributed by atoms with Gasteiger partial charge in [0.15, 0.2) is 6.61 Å². The monoisotopic (exact) mass is 491 g/mol. The zero-order valence-corrected chi connectivity index (χ0v) is 19.9. The van der Waals surface area contributed by atoms with Gasteiger partial charge in [0, 0.05) is 19.3 Å². The Kier molecular flexibility index (Phi) is 10.5. The van der Waals surface area contributed by atoms with Crippen molar-refractivity contribution in [3.8, 4) is 0 Å². The molecule has 34 heavy (non-hydrogen) atoms. The molecule has 10 nitrogen and oxygen atoms in total. The van der Waals surface area contributed by atoms with Gasteiger partial charge < -0.3 is 14.8 Å². The summed E-state index contributed by atoms with van der Waals surface area (Å²) in [5.41, 5.74) is 1.45. The standard InChI is InChI=1S/C23H29N3O7S/c1-3-4-6-17-9-11-19(12-10-17)26-34(30,31)20-8-5-7-18(15-20)22(28)33-16-21(27)25-23(29)24-13-14-32-2/h5,7-12,15,26H,3-4,6,13-14,16H2,1-2H3,(H2,24,25,27,29). The van der Waals surface area contributed by atoms with Crippen LogP contribution in [0.5, 0.6) is 0 Å². The van der Waals surface area contributed by atoms with Crippen molar-refractivity contribution in [3.05, 3.63) is 59.7 Å². The first-order chi connectivity index (χ1) is 16.2. The van der Waals surface area contributed by atoms with Gasteiger partial charge in [0.25, 0.3) is 15.9 Å². The molecule has 0 bridgehead atoms. The van der Waals surface area contributed by atoms with Crippen molar-refractivity contribution in [2.75, 3.05) is 31.6 Å². The number of hydrogen-bond acceptors (Lipinski definition) is 7. The lowest BCUT2D eigenvalue weighted by atomic mass is 10.1. The summed E-state index contributed by atoms with van der Waals surface area (Å²) in [6.07, 6.45) is 3.05. The van der Waals surface area contributed by atoms with Gasteiger partial charge in [-0.1, -0.05) is 31.5 Å². The number of esters is 1. The molecule has 0 fully saturated rings. The minimum Gasteiger partial charge on any atom is -0.452 e. The maximum Gasteiger partial charge on any atom is 0.338 e. The number of carbonyl (C=O) groups excluding carboxylic acids is 3. The van der Waals surface area contributed by atoms with Gasteiger partial charge in [-0.2, -0.15) is 0 Å². The molecule has 0 heterocycles. The van der Waals surface area contributed by atoms with Crippen molar-refractivity contribution in [2.45, 2.75) is 31.1 Å². The second-order valence-electron chi connectivity index (χ2n) is 7.31. The Bertz CT molecular complexity index is 1090. The Hall–Kier alpha value is -3.44. The summed E-state index contributed by atoms with van der Waals surface area (Å²) in [6, 6.07) is 11.6. The highest BCUT2D eigenvalue weighted by molar-refractivity contribution is 7.92. The van der Waals surface area contributed by atoms with Crippen LogP contribution >= 0.6 is 0 Å². The Morgan fingerprint density at radius 2 is 1.76 bits per heavy atom. The Balaban J connectivity index is 1.95. The largest absolute Gasteiger partial charge is 0.452 e. The van der Waals surface area contributed by atoms with Gasteiger partial charge >= 0.3 is 12.0 Å². The van der Waals surface area contributed by atoms with Gasteiger partial charge in [-0.25, -0.2) is 18.0 Å². The summed E-state index contributed by atoms with van der Waals surface area (Å²) in [5.74, 6) is -1.75. The van der Waals surface area contributed by atoms with Crippen LogP contribution in [0.25, 0.3) is 0 Å². The number of imide groups is 1. The highest BCUT2D eigenvalue weighted by Gasteiger charge is 2.18. The molecule has 2 rings (SSSR count). The minimum absolute atomic E-state index is 0.0601. The highest BCUT2D eigenvalue weighted by Crippen LogP contribution is 2.19. The SMILES string of the molecule is CCCCc1ccc(NS(=O)(=O)c2cccc(C(=O)OCC(=O)NC(=O)NCCOC)c2)cc1. The molecule has 0 spiro atoms. The van der Waals surface area contributed by atoms with Gasteiger partial charge in [-0.05, 0) is 48.7 Å². The number of nitrogens with one attached hydrogen (secondary N) is 3. The van der Waals surface area contributed by atoms with E-state index in [0.717, 1.165) is 30.9 Å². The maximum atomic E-state index is 12.7. The van der Waals surface area contributed by atoms with E-state index in [1.165, 1.54) is 25.3 Å². The molecule has 0 atom stereocenters. The predicted octanol–water partition coefficient (Wildman–Crippen LogP) is 2.46. The van der Waals surface area contributed by atoms with Gasteiger partial charge in [-0.15, -0.1) is 0 Å². The van der Waals surface area contributed by atoms with Gasteiger partial charge in [0.2, 0.25) is 0 Å². The lowest BCUT2D eigenvalue weighted by Gasteiger charge is -2.10. The van der Waals surface area contributed by atoms with E-state index in [2.05, 4.69) is 17.0 Å². The van der Waals surface area contributed by atoms with Crippen molar-refractivity contribution in [2.24, 2.45) is 0 Å². The van der Waals surface area contributed by atoms with E-state index >= 15 is 0 Å². The van der Waals surface area contributed by atoms with Gasteiger partial charge in [0.1, 0.15) is 0 Å². The first-order valence-electron chi connectivity index (χ1n) is 10.7. The highest BCUT2D eigenvalue weighted by atomic mass is 32.2. The van der Waals surface area contributed by atoms with E-state index in [0.29, 0.717) is 5.69 Å². The number of carbonyl (C=O) groups is 3. The zero-order valence-electron chi connectivity index (χ0n) is 19.1. The average molecular weight is 492 g/mol. The number of amides is 3. The molecule has 3 amide bonds. The van der Waals surface area contributed by atoms with E-state index in [1.807, 2.05) is 17.4 Å². The van der Waals surface area contributed by atoms with E-state index < -0.39 is 34.5 Å². The number of anilines is 1. The zero-order chi connectivity index (χ0) is 25.0. The van der Waals surface area contributed by atoms with Crippen LogP contribution in [-0.4, -0.2) is 53.2 Å². The molecule has 2 aromatic carbocycles. The van der Waals surface area contributed by atoms with Crippen LogP contribution in [0.3, 0.4) is 0 Å². The number of rotatable bonds is 12. The summed E-state index contributed by atoms with van der Waals surface area (Å²) >= 11 is 0. The number of benzene rings is 2. The van der Waals surface area contributed by atoms with Crippen LogP contribution < -0.4 is 15.4 Å².